The number of aliphatic hydroxyl groups excluding tert-OH is 1. The van der Waals surface area contributed by atoms with E-state index in [1.54, 1.807) is 0 Å². The Kier molecular flexibility index (Phi) is 6.74. The van der Waals surface area contributed by atoms with Gasteiger partial charge in [-0.2, -0.15) is 18.3 Å². The molecule has 0 radical (unpaired) electrons. The molecule has 1 saturated heterocycles. The van der Waals surface area contributed by atoms with Crippen molar-refractivity contribution in [2.24, 2.45) is 0 Å². The fourth-order valence-electron chi connectivity index (χ4n) is 4.50. The van der Waals surface area contributed by atoms with Crippen LogP contribution >= 0.6 is 23.2 Å². The fraction of sp³-hybridized carbons (Fsp3) is 0.304. The minimum Gasteiger partial charge on any atom is -0.394 e. The van der Waals surface area contributed by atoms with Crippen LogP contribution in [0.15, 0.2) is 43.0 Å². The third-order valence-corrected chi connectivity index (χ3v) is 6.79. The molecular formula is C23H20Cl2F4N4O2. The van der Waals surface area contributed by atoms with Gasteiger partial charge in [0.15, 0.2) is 0 Å². The van der Waals surface area contributed by atoms with Gasteiger partial charge in [-0.3, -0.25) is 9.48 Å². The first-order valence-corrected chi connectivity index (χ1v) is 11.3. The SMILES string of the molecule is C=CC(=O)N1CC[C@](Nc2ccc3c(C(F)(F)F)n(CCO)nc3c2)(c2c(F)ccc(Cl)c2Cl)C1. The average molecular weight is 531 g/mol. The number of halogens is 6. The number of anilines is 1. The summed E-state index contributed by atoms with van der Waals surface area (Å²) in [5.41, 5.74) is -1.79. The predicted octanol–water partition coefficient (Wildman–Crippen LogP) is 5.22. The first-order valence-electron chi connectivity index (χ1n) is 10.5. The summed E-state index contributed by atoms with van der Waals surface area (Å²) in [6.07, 6.45) is -3.30. The second kappa shape index (κ2) is 9.33. The summed E-state index contributed by atoms with van der Waals surface area (Å²) in [5, 5.41) is 16.3. The summed E-state index contributed by atoms with van der Waals surface area (Å²) in [6.45, 7) is 2.90. The molecule has 1 aromatic heterocycles. The summed E-state index contributed by atoms with van der Waals surface area (Å²) in [7, 11) is 0. The number of nitrogens with one attached hydrogen (secondary N) is 1. The van der Waals surface area contributed by atoms with E-state index in [1.165, 1.54) is 35.2 Å². The van der Waals surface area contributed by atoms with E-state index < -0.39 is 29.8 Å². The van der Waals surface area contributed by atoms with Crippen LogP contribution in [0.1, 0.15) is 17.7 Å². The molecule has 0 bridgehead atoms. The van der Waals surface area contributed by atoms with Gasteiger partial charge in [-0.25, -0.2) is 4.39 Å². The third kappa shape index (κ3) is 4.57. The molecular weight excluding hydrogens is 511 g/mol. The van der Waals surface area contributed by atoms with E-state index in [2.05, 4.69) is 17.0 Å². The fourth-order valence-corrected chi connectivity index (χ4v) is 5.00. The molecule has 3 aromatic rings. The van der Waals surface area contributed by atoms with Gasteiger partial charge < -0.3 is 15.3 Å². The highest BCUT2D eigenvalue weighted by atomic mass is 35.5. The van der Waals surface area contributed by atoms with Gasteiger partial charge in [0.05, 0.1) is 34.3 Å². The molecule has 186 valence electrons. The standard InChI is InChI=1S/C23H20Cl2F4N4O2/c1-2-18(35)32-8-7-22(12-32,19-16(26)6-5-15(24)20(19)25)30-13-3-4-14-17(11-13)31-33(9-10-34)21(14)23(27,28)29/h2-6,11,30,34H,1,7-10,12H2/t22-/m1/s1. The molecule has 1 fully saturated rings. The molecule has 2 N–H and O–H groups in total. The number of carbonyl (C=O) groups is 1. The zero-order valence-corrected chi connectivity index (χ0v) is 19.7. The molecule has 0 aliphatic carbocycles. The Morgan fingerprint density at radius 1 is 1.29 bits per heavy atom. The van der Waals surface area contributed by atoms with Crippen LogP contribution in [0, 0.1) is 5.82 Å². The molecule has 1 atom stereocenters. The molecule has 2 aromatic carbocycles. The van der Waals surface area contributed by atoms with Crippen LogP contribution in [0.3, 0.4) is 0 Å². The Labute approximate surface area is 207 Å². The van der Waals surface area contributed by atoms with E-state index in [9.17, 15) is 18.0 Å². The van der Waals surface area contributed by atoms with E-state index in [0.717, 1.165) is 6.08 Å². The number of likely N-dealkylation sites (tertiary alicyclic amines) is 1. The molecule has 1 amide bonds. The summed E-state index contributed by atoms with van der Waals surface area (Å²) < 4.78 is 56.8. The minimum atomic E-state index is -4.69. The van der Waals surface area contributed by atoms with Gasteiger partial charge in [-0.1, -0.05) is 29.8 Å². The number of fused-ring (bicyclic) bond motifs is 1. The zero-order chi connectivity index (χ0) is 25.5. The van der Waals surface area contributed by atoms with Crippen LogP contribution in [-0.2, 0) is 23.1 Å². The lowest BCUT2D eigenvalue weighted by molar-refractivity contribution is -0.143. The number of hydrogen-bond acceptors (Lipinski definition) is 4. The number of amides is 1. The van der Waals surface area contributed by atoms with Crippen LogP contribution in [-0.4, -0.2) is 45.4 Å². The van der Waals surface area contributed by atoms with Crippen molar-refractivity contribution in [2.45, 2.75) is 24.7 Å². The Balaban J connectivity index is 1.82. The largest absolute Gasteiger partial charge is 0.433 e. The molecule has 1 aliphatic heterocycles. The topological polar surface area (TPSA) is 70.4 Å². The normalized spacial score (nSPS) is 18.3. The summed E-state index contributed by atoms with van der Waals surface area (Å²) in [4.78, 5) is 13.7. The molecule has 1 aliphatic rings. The van der Waals surface area contributed by atoms with Crippen LogP contribution in [0.5, 0.6) is 0 Å². The minimum absolute atomic E-state index is 0.0135. The zero-order valence-electron chi connectivity index (χ0n) is 18.2. The van der Waals surface area contributed by atoms with Gasteiger partial charge in [0.25, 0.3) is 0 Å². The van der Waals surface area contributed by atoms with Crippen LogP contribution in [0.2, 0.25) is 10.0 Å². The van der Waals surface area contributed by atoms with Crippen molar-refractivity contribution >= 4 is 45.7 Å². The van der Waals surface area contributed by atoms with Gasteiger partial charge in [-0.15, -0.1) is 0 Å². The lowest BCUT2D eigenvalue weighted by Gasteiger charge is -2.33. The Bertz CT molecular complexity index is 1310. The molecule has 4 rings (SSSR count). The maximum Gasteiger partial charge on any atom is 0.433 e. The van der Waals surface area contributed by atoms with Crippen LogP contribution in [0.4, 0.5) is 23.2 Å². The van der Waals surface area contributed by atoms with Crippen molar-refractivity contribution < 1.29 is 27.5 Å². The second-order valence-corrected chi connectivity index (χ2v) is 8.95. The number of alkyl halides is 3. The summed E-state index contributed by atoms with van der Waals surface area (Å²) in [6, 6.07) is 6.55. The maximum absolute atomic E-state index is 15.1. The van der Waals surface area contributed by atoms with Gasteiger partial charge in [-0.05, 0) is 42.8 Å². The molecule has 6 nitrogen and oxygen atoms in total. The van der Waals surface area contributed by atoms with Crippen molar-refractivity contribution in [3.63, 3.8) is 0 Å². The smallest absolute Gasteiger partial charge is 0.394 e. The third-order valence-electron chi connectivity index (χ3n) is 5.98. The number of hydrogen-bond donors (Lipinski definition) is 2. The molecule has 0 unspecified atom stereocenters. The number of aromatic nitrogens is 2. The Hall–Kier alpha value is -2.82. The number of nitrogens with zero attached hydrogens (tertiary/aromatic N) is 3. The average Bonchev–Trinajstić information content (AvgIpc) is 3.38. The summed E-state index contributed by atoms with van der Waals surface area (Å²) in [5.74, 6) is -1.01. The number of benzene rings is 2. The lowest BCUT2D eigenvalue weighted by atomic mass is 9.87. The molecule has 2 heterocycles. The summed E-state index contributed by atoms with van der Waals surface area (Å²) >= 11 is 12.6. The van der Waals surface area contributed by atoms with Crippen molar-refractivity contribution in [3.8, 4) is 0 Å². The van der Waals surface area contributed by atoms with Crippen molar-refractivity contribution in [2.75, 3.05) is 25.0 Å². The van der Waals surface area contributed by atoms with E-state index in [-0.39, 0.29) is 58.5 Å². The first kappa shape index (κ1) is 25.3. The second-order valence-electron chi connectivity index (χ2n) is 8.16. The molecule has 35 heavy (non-hydrogen) atoms. The lowest BCUT2D eigenvalue weighted by Crippen LogP contribution is -2.41. The predicted molar refractivity (Wildman–Crippen MR) is 125 cm³/mol. The molecule has 12 heteroatoms. The van der Waals surface area contributed by atoms with Gasteiger partial charge >= 0.3 is 6.18 Å². The Morgan fingerprint density at radius 3 is 2.69 bits per heavy atom. The van der Waals surface area contributed by atoms with Gasteiger partial charge in [0, 0.05) is 29.7 Å². The Morgan fingerprint density at radius 2 is 2.03 bits per heavy atom. The van der Waals surface area contributed by atoms with E-state index in [1.807, 2.05) is 0 Å². The van der Waals surface area contributed by atoms with Crippen LogP contribution < -0.4 is 5.32 Å². The molecule has 0 saturated carbocycles. The van der Waals surface area contributed by atoms with Crippen molar-refractivity contribution in [1.82, 2.24) is 14.7 Å². The van der Waals surface area contributed by atoms with Crippen molar-refractivity contribution in [1.29, 1.82) is 0 Å². The number of rotatable bonds is 6. The van der Waals surface area contributed by atoms with E-state index in [0.29, 0.717) is 10.4 Å². The molecule has 0 spiro atoms. The maximum atomic E-state index is 15.1. The van der Waals surface area contributed by atoms with Crippen LogP contribution in [0.25, 0.3) is 10.9 Å². The quantitative estimate of drug-likeness (QED) is 0.260. The first-order chi connectivity index (χ1) is 16.5. The number of aliphatic hydroxyl groups is 1. The highest BCUT2D eigenvalue weighted by Crippen LogP contribution is 2.44. The van der Waals surface area contributed by atoms with E-state index >= 15 is 4.39 Å². The monoisotopic (exact) mass is 530 g/mol. The highest BCUT2D eigenvalue weighted by Gasteiger charge is 2.45. The van der Waals surface area contributed by atoms with Crippen molar-refractivity contribution in [3.05, 3.63) is 70.1 Å². The van der Waals surface area contributed by atoms with E-state index in [4.69, 9.17) is 28.3 Å². The number of carbonyl (C=O) groups excluding carboxylic acids is 1. The highest BCUT2D eigenvalue weighted by molar-refractivity contribution is 6.42. The van der Waals surface area contributed by atoms with Gasteiger partial charge in [0.1, 0.15) is 11.5 Å². The van der Waals surface area contributed by atoms with Gasteiger partial charge in [0.2, 0.25) is 5.91 Å².